The highest BCUT2D eigenvalue weighted by atomic mass is 35.5. The molecule has 92 valence electrons. The van der Waals surface area contributed by atoms with E-state index in [1.807, 2.05) is 31.2 Å². The van der Waals surface area contributed by atoms with Crippen LogP contribution < -0.4 is 14.9 Å². The van der Waals surface area contributed by atoms with Crippen LogP contribution in [0, 0.1) is 5.92 Å². The molecule has 1 aliphatic rings. The second-order valence-corrected chi connectivity index (χ2v) is 4.40. The predicted octanol–water partition coefficient (Wildman–Crippen LogP) is 1.61. The van der Waals surface area contributed by atoms with Crippen molar-refractivity contribution in [3.05, 3.63) is 29.8 Å². The molecule has 1 heterocycles. The quantitative estimate of drug-likeness (QED) is 0.806. The van der Waals surface area contributed by atoms with Crippen LogP contribution in [0.1, 0.15) is 18.5 Å². The average molecular weight is 255 g/mol. The first kappa shape index (κ1) is 12.2. The second-order valence-electron chi connectivity index (χ2n) is 4.18. The first-order valence-corrected chi connectivity index (χ1v) is 5.85. The predicted molar refractivity (Wildman–Crippen MR) is 65.8 cm³/mol. The van der Waals surface area contributed by atoms with Crippen molar-refractivity contribution in [3.63, 3.8) is 0 Å². The molecule has 0 aliphatic carbocycles. The topological polar surface area (TPSA) is 50.4 Å². The molecule has 1 unspecified atom stereocenters. The first-order chi connectivity index (χ1) is 8.17. The van der Waals surface area contributed by atoms with E-state index < -0.39 is 0 Å². The Morgan fingerprint density at radius 3 is 2.53 bits per heavy atom. The van der Waals surface area contributed by atoms with Crippen LogP contribution in [0.2, 0.25) is 0 Å². The Hall–Kier alpha value is -1.26. The molecule has 3 atom stereocenters. The van der Waals surface area contributed by atoms with E-state index in [4.69, 9.17) is 16.5 Å². The molecule has 0 bridgehead atoms. The third-order valence-corrected chi connectivity index (χ3v) is 3.46. The molecule has 1 amide bonds. The number of methoxy groups -OCH3 is 1. The van der Waals surface area contributed by atoms with Gasteiger partial charge in [-0.05, 0) is 29.5 Å². The number of benzene rings is 1. The Kier molecular flexibility index (Phi) is 3.54. The van der Waals surface area contributed by atoms with Gasteiger partial charge in [-0.25, -0.2) is 4.84 Å². The first-order valence-electron chi connectivity index (χ1n) is 5.48. The summed E-state index contributed by atoms with van der Waals surface area (Å²) in [6, 6.07) is 7.41. The molecule has 0 spiro atoms. The van der Waals surface area contributed by atoms with Crippen molar-refractivity contribution < 1.29 is 9.53 Å². The van der Waals surface area contributed by atoms with Crippen LogP contribution in [-0.2, 0) is 4.79 Å². The van der Waals surface area contributed by atoms with E-state index in [0.29, 0.717) is 0 Å². The molecule has 2 rings (SSSR count). The molecule has 1 saturated heterocycles. The lowest BCUT2D eigenvalue weighted by Gasteiger charge is -2.19. The largest absolute Gasteiger partial charge is 0.497 e. The number of rotatable bonds is 3. The molecule has 17 heavy (non-hydrogen) atoms. The summed E-state index contributed by atoms with van der Waals surface area (Å²) >= 11 is 5.70. The number of ether oxygens (including phenoxy) is 1. The van der Waals surface area contributed by atoms with Crippen molar-refractivity contribution in [2.75, 3.05) is 7.11 Å². The third kappa shape index (κ3) is 2.23. The van der Waals surface area contributed by atoms with Crippen molar-refractivity contribution in [2.24, 2.45) is 5.92 Å². The Morgan fingerprint density at radius 1 is 1.35 bits per heavy atom. The van der Waals surface area contributed by atoms with Crippen LogP contribution in [0.4, 0.5) is 0 Å². The molecule has 2 N–H and O–H groups in total. The summed E-state index contributed by atoms with van der Waals surface area (Å²) in [5, 5.41) is 2.93. The lowest BCUT2D eigenvalue weighted by atomic mass is 9.96. The fourth-order valence-electron chi connectivity index (χ4n) is 2.09. The second kappa shape index (κ2) is 4.94. The standard InChI is InChI=1S/C12H15ClN2O2/c1-7-10(15-13)11(14-12(7)16)8-3-5-9(17-2)6-4-8/h3-7,10-11,15H,1-2H3,(H,14,16)/t7-,10?,11+/m0/s1. The molecule has 1 aromatic rings. The number of carbonyl (C=O) groups excluding carboxylic acids is 1. The van der Waals surface area contributed by atoms with Gasteiger partial charge in [0.15, 0.2) is 0 Å². The third-order valence-electron chi connectivity index (χ3n) is 3.21. The maximum Gasteiger partial charge on any atom is 0.225 e. The molecule has 0 saturated carbocycles. The van der Waals surface area contributed by atoms with Gasteiger partial charge in [-0.3, -0.25) is 4.79 Å². The van der Waals surface area contributed by atoms with E-state index in [9.17, 15) is 4.79 Å². The van der Waals surface area contributed by atoms with Gasteiger partial charge in [0.1, 0.15) is 5.75 Å². The smallest absolute Gasteiger partial charge is 0.225 e. The van der Waals surface area contributed by atoms with Crippen LogP contribution in [0.3, 0.4) is 0 Å². The molecular weight excluding hydrogens is 240 g/mol. The number of hydrogen-bond donors (Lipinski definition) is 2. The minimum atomic E-state index is -0.139. The van der Waals surface area contributed by atoms with Crippen LogP contribution in [0.15, 0.2) is 24.3 Å². The lowest BCUT2D eigenvalue weighted by molar-refractivity contribution is -0.122. The van der Waals surface area contributed by atoms with Gasteiger partial charge < -0.3 is 10.1 Å². The minimum Gasteiger partial charge on any atom is -0.497 e. The van der Waals surface area contributed by atoms with Gasteiger partial charge in [0, 0.05) is 0 Å². The Balaban J connectivity index is 2.23. The van der Waals surface area contributed by atoms with Crippen LogP contribution in [0.5, 0.6) is 5.75 Å². The lowest BCUT2D eigenvalue weighted by Crippen LogP contribution is -2.31. The van der Waals surface area contributed by atoms with Crippen molar-refractivity contribution >= 4 is 17.7 Å². The molecule has 1 fully saturated rings. The van der Waals surface area contributed by atoms with Gasteiger partial charge >= 0.3 is 0 Å². The zero-order valence-electron chi connectivity index (χ0n) is 9.74. The Labute approximate surface area is 105 Å². The summed E-state index contributed by atoms with van der Waals surface area (Å²) in [6.45, 7) is 1.86. The summed E-state index contributed by atoms with van der Waals surface area (Å²) in [4.78, 5) is 14.3. The summed E-state index contributed by atoms with van der Waals surface area (Å²) in [5.74, 6) is 0.671. The molecule has 0 radical (unpaired) electrons. The Bertz CT molecular complexity index is 407. The summed E-state index contributed by atoms with van der Waals surface area (Å²) < 4.78 is 5.10. The van der Waals surface area contributed by atoms with E-state index in [1.165, 1.54) is 0 Å². The van der Waals surface area contributed by atoms with Crippen molar-refractivity contribution in [1.29, 1.82) is 0 Å². The number of halogens is 1. The van der Waals surface area contributed by atoms with Gasteiger partial charge in [-0.15, -0.1) is 0 Å². The number of carbonyl (C=O) groups is 1. The fraction of sp³-hybridized carbons (Fsp3) is 0.417. The maximum absolute atomic E-state index is 11.6. The van der Waals surface area contributed by atoms with Gasteiger partial charge in [0.25, 0.3) is 0 Å². The number of amides is 1. The molecule has 1 aromatic carbocycles. The fourth-order valence-corrected chi connectivity index (χ4v) is 2.40. The number of nitrogens with one attached hydrogen (secondary N) is 2. The van der Waals surface area contributed by atoms with E-state index in [-0.39, 0.29) is 23.9 Å². The molecule has 1 aliphatic heterocycles. The molecule has 0 aromatic heterocycles. The van der Waals surface area contributed by atoms with E-state index in [1.54, 1.807) is 7.11 Å². The molecular formula is C12H15ClN2O2. The average Bonchev–Trinajstić information content (AvgIpc) is 2.65. The van der Waals surface area contributed by atoms with E-state index >= 15 is 0 Å². The van der Waals surface area contributed by atoms with Crippen molar-refractivity contribution in [2.45, 2.75) is 19.0 Å². The SMILES string of the molecule is COc1ccc([C@H]2NC(=O)[C@@H](C)C2NCl)cc1. The number of hydrogen-bond acceptors (Lipinski definition) is 3. The summed E-state index contributed by atoms with van der Waals surface area (Å²) in [5.41, 5.74) is 1.02. The highest BCUT2D eigenvalue weighted by molar-refractivity contribution is 6.14. The Morgan fingerprint density at radius 2 is 2.00 bits per heavy atom. The highest BCUT2D eigenvalue weighted by Gasteiger charge is 2.39. The maximum atomic E-state index is 11.6. The molecule has 4 nitrogen and oxygen atoms in total. The van der Waals surface area contributed by atoms with E-state index in [0.717, 1.165) is 11.3 Å². The summed E-state index contributed by atoms with van der Waals surface area (Å²) in [6.07, 6.45) is 0. The van der Waals surface area contributed by atoms with Crippen LogP contribution in [0.25, 0.3) is 0 Å². The molecule has 5 heteroatoms. The van der Waals surface area contributed by atoms with Crippen molar-refractivity contribution in [1.82, 2.24) is 10.2 Å². The summed E-state index contributed by atoms with van der Waals surface area (Å²) in [7, 11) is 1.62. The van der Waals surface area contributed by atoms with Crippen LogP contribution in [-0.4, -0.2) is 19.1 Å². The van der Waals surface area contributed by atoms with Gasteiger partial charge in [-0.1, -0.05) is 19.1 Å². The van der Waals surface area contributed by atoms with E-state index in [2.05, 4.69) is 10.2 Å². The van der Waals surface area contributed by atoms with Gasteiger partial charge in [0.05, 0.1) is 25.1 Å². The van der Waals surface area contributed by atoms with Gasteiger partial charge in [0.2, 0.25) is 5.91 Å². The van der Waals surface area contributed by atoms with Crippen molar-refractivity contribution in [3.8, 4) is 5.75 Å². The highest BCUT2D eigenvalue weighted by Crippen LogP contribution is 2.29. The minimum absolute atomic E-state index is 0.0176. The zero-order valence-corrected chi connectivity index (χ0v) is 10.5. The van der Waals surface area contributed by atoms with Crippen LogP contribution >= 0.6 is 11.8 Å². The monoisotopic (exact) mass is 254 g/mol. The van der Waals surface area contributed by atoms with Gasteiger partial charge in [-0.2, -0.15) is 0 Å². The zero-order chi connectivity index (χ0) is 12.4. The normalized spacial score (nSPS) is 27.9.